The maximum absolute atomic E-state index is 11.7. The molecule has 3 rings (SSSR count). The highest BCUT2D eigenvalue weighted by atomic mass is 32.2. The Balaban J connectivity index is 1.67. The van der Waals surface area contributed by atoms with E-state index in [0.29, 0.717) is 13.1 Å². The van der Waals surface area contributed by atoms with Crippen LogP contribution in [0.3, 0.4) is 0 Å². The van der Waals surface area contributed by atoms with Gasteiger partial charge in [0.05, 0.1) is 12.0 Å². The van der Waals surface area contributed by atoms with Crippen molar-refractivity contribution in [1.82, 2.24) is 5.32 Å². The molecule has 1 aliphatic rings. The van der Waals surface area contributed by atoms with Crippen molar-refractivity contribution in [2.75, 3.05) is 18.0 Å². The van der Waals surface area contributed by atoms with Crippen LogP contribution in [0.2, 0.25) is 0 Å². The van der Waals surface area contributed by atoms with Gasteiger partial charge in [0, 0.05) is 23.7 Å². The molecule has 5 heteroatoms. The van der Waals surface area contributed by atoms with Crippen LogP contribution < -0.4 is 14.4 Å². The number of benzene rings is 2. The largest absolute Gasteiger partial charge is 0.420 e. The van der Waals surface area contributed by atoms with Gasteiger partial charge in [0.25, 0.3) is 0 Å². The van der Waals surface area contributed by atoms with E-state index < -0.39 is 0 Å². The number of urea groups is 1. The minimum Gasteiger partial charge on any atom is -0.420 e. The Kier molecular flexibility index (Phi) is 4.48. The van der Waals surface area contributed by atoms with Crippen LogP contribution in [-0.4, -0.2) is 19.1 Å². The molecule has 0 atom stereocenters. The molecule has 1 heterocycles. The van der Waals surface area contributed by atoms with E-state index in [4.69, 9.17) is 4.18 Å². The second-order valence-electron chi connectivity index (χ2n) is 5.75. The van der Waals surface area contributed by atoms with Crippen LogP contribution in [0, 0.1) is 20.8 Å². The second kappa shape index (κ2) is 6.54. The smallest absolute Gasteiger partial charge is 0.321 e. The number of hydrogen-bond acceptors (Lipinski definition) is 3. The first-order valence-electron chi connectivity index (χ1n) is 7.62. The Morgan fingerprint density at radius 3 is 2.39 bits per heavy atom. The zero-order chi connectivity index (χ0) is 16.4. The van der Waals surface area contributed by atoms with E-state index in [-0.39, 0.29) is 6.03 Å². The van der Waals surface area contributed by atoms with Crippen molar-refractivity contribution >= 4 is 23.8 Å². The van der Waals surface area contributed by atoms with Crippen LogP contribution in [0.15, 0.2) is 41.3 Å². The quantitative estimate of drug-likeness (QED) is 0.854. The summed E-state index contributed by atoms with van der Waals surface area (Å²) in [5.74, 6) is 0.890. The lowest BCUT2D eigenvalue weighted by atomic mass is 10.1. The van der Waals surface area contributed by atoms with E-state index in [0.717, 1.165) is 21.9 Å². The normalized spacial score (nSPS) is 14.0. The van der Waals surface area contributed by atoms with Gasteiger partial charge in [0.15, 0.2) is 0 Å². The van der Waals surface area contributed by atoms with Crippen molar-refractivity contribution in [3.8, 4) is 5.75 Å². The average molecular weight is 328 g/mol. The van der Waals surface area contributed by atoms with Gasteiger partial charge in [-0.05, 0) is 67.8 Å². The third kappa shape index (κ3) is 3.45. The van der Waals surface area contributed by atoms with Crippen LogP contribution in [-0.2, 0) is 0 Å². The van der Waals surface area contributed by atoms with Crippen molar-refractivity contribution < 1.29 is 8.98 Å². The van der Waals surface area contributed by atoms with Gasteiger partial charge >= 0.3 is 6.03 Å². The maximum Gasteiger partial charge on any atom is 0.321 e. The molecule has 0 radical (unpaired) electrons. The topological polar surface area (TPSA) is 41.6 Å². The summed E-state index contributed by atoms with van der Waals surface area (Å²) in [7, 11) is 0. The van der Waals surface area contributed by atoms with Crippen molar-refractivity contribution in [2.24, 2.45) is 0 Å². The molecule has 2 aromatic rings. The van der Waals surface area contributed by atoms with Crippen molar-refractivity contribution in [2.45, 2.75) is 25.7 Å². The molecule has 2 aromatic carbocycles. The summed E-state index contributed by atoms with van der Waals surface area (Å²) >= 11 is 1.34. The van der Waals surface area contributed by atoms with E-state index in [9.17, 15) is 4.79 Å². The summed E-state index contributed by atoms with van der Waals surface area (Å²) in [6.45, 7) is 7.65. The number of anilines is 1. The van der Waals surface area contributed by atoms with Crippen LogP contribution in [0.1, 0.15) is 16.7 Å². The summed E-state index contributed by atoms with van der Waals surface area (Å²) in [6, 6.07) is 12.0. The van der Waals surface area contributed by atoms with Gasteiger partial charge in [-0.3, -0.25) is 4.90 Å². The molecule has 1 N–H and O–H groups in total. The molecule has 0 aliphatic carbocycles. The van der Waals surface area contributed by atoms with Crippen molar-refractivity contribution in [3.63, 3.8) is 0 Å². The molecule has 4 nitrogen and oxygen atoms in total. The molecule has 1 fully saturated rings. The highest BCUT2D eigenvalue weighted by Crippen LogP contribution is 2.30. The van der Waals surface area contributed by atoms with Gasteiger partial charge in [-0.25, -0.2) is 4.79 Å². The molecular weight excluding hydrogens is 308 g/mol. The molecule has 0 unspecified atom stereocenters. The van der Waals surface area contributed by atoms with Crippen LogP contribution >= 0.6 is 12.0 Å². The third-order valence-corrected chi connectivity index (χ3v) is 4.75. The van der Waals surface area contributed by atoms with E-state index in [1.807, 2.05) is 24.3 Å². The number of hydrogen-bond donors (Lipinski definition) is 1. The van der Waals surface area contributed by atoms with E-state index in [1.54, 1.807) is 4.90 Å². The fraction of sp³-hybridized carbons (Fsp3) is 0.278. The van der Waals surface area contributed by atoms with Crippen LogP contribution in [0.5, 0.6) is 5.75 Å². The first-order valence-corrected chi connectivity index (χ1v) is 8.36. The number of aryl methyl sites for hydroxylation is 3. The summed E-state index contributed by atoms with van der Waals surface area (Å²) in [6.07, 6.45) is 0. The predicted molar refractivity (Wildman–Crippen MR) is 94.3 cm³/mol. The minimum atomic E-state index is -0.0348. The maximum atomic E-state index is 11.7. The molecule has 23 heavy (non-hydrogen) atoms. The SMILES string of the molecule is Cc1cc(C)c(OSc2ccc(N3CCNC3=O)cc2)cc1C. The standard InChI is InChI=1S/C18H20N2O2S/c1-12-10-14(3)17(11-13(12)2)22-23-16-6-4-15(5-7-16)20-9-8-19-18(20)21/h4-7,10-11H,8-9H2,1-3H3,(H,19,21). The lowest BCUT2D eigenvalue weighted by Crippen LogP contribution is -2.27. The summed E-state index contributed by atoms with van der Waals surface area (Å²) in [5, 5.41) is 2.80. The monoisotopic (exact) mass is 328 g/mol. The fourth-order valence-corrected chi connectivity index (χ4v) is 3.13. The Hall–Kier alpha value is -2.14. The van der Waals surface area contributed by atoms with Gasteiger partial charge in [0.1, 0.15) is 5.75 Å². The Morgan fingerprint density at radius 2 is 1.74 bits per heavy atom. The van der Waals surface area contributed by atoms with E-state index >= 15 is 0 Å². The van der Waals surface area contributed by atoms with Crippen LogP contribution in [0.25, 0.3) is 0 Å². The summed E-state index contributed by atoms with van der Waals surface area (Å²) < 4.78 is 5.87. The lowest BCUT2D eigenvalue weighted by Gasteiger charge is -2.14. The van der Waals surface area contributed by atoms with Gasteiger partial charge in [-0.1, -0.05) is 6.07 Å². The molecule has 0 aromatic heterocycles. The average Bonchev–Trinajstić information content (AvgIpc) is 2.96. The zero-order valence-corrected chi connectivity index (χ0v) is 14.4. The molecule has 1 aliphatic heterocycles. The number of nitrogens with zero attached hydrogens (tertiary/aromatic N) is 1. The van der Waals surface area contributed by atoms with E-state index in [1.165, 1.54) is 23.2 Å². The summed E-state index contributed by atoms with van der Waals surface area (Å²) in [4.78, 5) is 14.4. The number of nitrogens with one attached hydrogen (secondary N) is 1. The first kappa shape index (κ1) is 15.7. The number of carbonyl (C=O) groups is 1. The number of carbonyl (C=O) groups excluding carboxylic acids is 1. The van der Waals surface area contributed by atoms with Crippen LogP contribution in [0.4, 0.5) is 10.5 Å². The minimum absolute atomic E-state index is 0.0348. The predicted octanol–water partition coefficient (Wildman–Crippen LogP) is 4.23. The van der Waals surface area contributed by atoms with Gasteiger partial charge in [-0.15, -0.1) is 0 Å². The van der Waals surface area contributed by atoms with Gasteiger partial charge in [-0.2, -0.15) is 0 Å². The third-order valence-electron chi connectivity index (χ3n) is 4.02. The Labute approximate surface area is 141 Å². The Morgan fingerprint density at radius 1 is 1.04 bits per heavy atom. The molecule has 2 amide bonds. The van der Waals surface area contributed by atoms with Crippen molar-refractivity contribution in [3.05, 3.63) is 53.1 Å². The molecule has 0 bridgehead atoms. The molecule has 1 saturated heterocycles. The molecular formula is C18H20N2O2S. The highest BCUT2D eigenvalue weighted by Gasteiger charge is 2.20. The van der Waals surface area contributed by atoms with E-state index in [2.05, 4.69) is 38.2 Å². The number of amides is 2. The highest BCUT2D eigenvalue weighted by molar-refractivity contribution is 7.95. The number of rotatable bonds is 4. The molecule has 0 spiro atoms. The van der Waals surface area contributed by atoms with Gasteiger partial charge in [0.2, 0.25) is 0 Å². The molecule has 120 valence electrons. The lowest BCUT2D eigenvalue weighted by molar-refractivity contribution is 0.252. The zero-order valence-electron chi connectivity index (χ0n) is 13.6. The first-order chi connectivity index (χ1) is 11.0. The Bertz CT molecular complexity index is 729. The van der Waals surface area contributed by atoms with Gasteiger partial charge < -0.3 is 9.50 Å². The second-order valence-corrected chi connectivity index (χ2v) is 6.55. The molecule has 0 saturated carbocycles. The van der Waals surface area contributed by atoms with Crippen molar-refractivity contribution in [1.29, 1.82) is 0 Å². The fourth-order valence-electron chi connectivity index (χ4n) is 2.52. The summed E-state index contributed by atoms with van der Waals surface area (Å²) in [5.41, 5.74) is 4.53.